The van der Waals surface area contributed by atoms with Crippen molar-refractivity contribution in [2.24, 2.45) is 5.11 Å². The minimum absolute atomic E-state index is 0.324. The fourth-order valence-corrected chi connectivity index (χ4v) is 2.18. The molecule has 0 radical (unpaired) electrons. The number of hydrogen-bond acceptors (Lipinski definition) is 5. The molecule has 100 valence electrons. The average molecular weight is 265 g/mol. The topological polar surface area (TPSA) is 93.5 Å². The second kappa shape index (κ2) is 10.6. The third kappa shape index (κ3) is 11.7. The van der Waals surface area contributed by atoms with Gasteiger partial charge in [-0.3, -0.25) is 4.57 Å². The van der Waals surface area contributed by atoms with Gasteiger partial charge in [-0.25, -0.2) is 0 Å². The lowest BCUT2D eigenvalue weighted by Crippen LogP contribution is -2.09. The molecule has 0 aliphatic heterocycles. The second-order valence-corrected chi connectivity index (χ2v) is 6.07. The summed E-state index contributed by atoms with van der Waals surface area (Å²) in [5.41, 5.74) is 8.00. The predicted octanol–water partition coefficient (Wildman–Crippen LogP) is 2.27. The van der Waals surface area contributed by atoms with Gasteiger partial charge in [0, 0.05) is 24.3 Å². The lowest BCUT2D eigenvalue weighted by atomic mass is 10.7. The van der Waals surface area contributed by atoms with Gasteiger partial charge in [0.1, 0.15) is 0 Å². The smallest absolute Gasteiger partial charge is 0.202 e. The van der Waals surface area contributed by atoms with Crippen molar-refractivity contribution in [1.29, 1.82) is 0 Å². The predicted molar refractivity (Wildman–Crippen MR) is 65.7 cm³/mol. The molecule has 0 bridgehead atoms. The fourth-order valence-electron chi connectivity index (χ4n) is 1.04. The van der Waals surface area contributed by atoms with Gasteiger partial charge in [-0.15, -0.1) is 0 Å². The van der Waals surface area contributed by atoms with Crippen LogP contribution in [0.5, 0.6) is 0 Å². The zero-order valence-electron chi connectivity index (χ0n) is 10.4. The summed E-state index contributed by atoms with van der Waals surface area (Å²) in [5, 5.41) is 3.32. The molecule has 1 atom stereocenters. The molecule has 0 saturated heterocycles. The van der Waals surface area contributed by atoms with E-state index in [1.807, 2.05) is 6.92 Å². The number of nitrogens with zero attached hydrogens (tertiary/aromatic N) is 3. The van der Waals surface area contributed by atoms with Crippen LogP contribution in [0.3, 0.4) is 0 Å². The van der Waals surface area contributed by atoms with Crippen molar-refractivity contribution in [2.75, 3.05) is 52.4 Å². The van der Waals surface area contributed by atoms with Crippen LogP contribution in [0.2, 0.25) is 0 Å². The summed E-state index contributed by atoms with van der Waals surface area (Å²) in [5.74, 6) is 0. The van der Waals surface area contributed by atoms with Crippen LogP contribution in [0.1, 0.15) is 6.92 Å². The van der Waals surface area contributed by atoms with Gasteiger partial charge in [-0.1, -0.05) is 5.11 Å². The van der Waals surface area contributed by atoms with E-state index in [4.69, 9.17) is 19.5 Å². The molecule has 0 aromatic rings. The molecular weight excluding hydrogens is 245 g/mol. The molecule has 1 unspecified atom stereocenters. The van der Waals surface area contributed by atoms with E-state index < -0.39 is 7.37 Å². The van der Waals surface area contributed by atoms with Crippen LogP contribution in [0.15, 0.2) is 5.11 Å². The van der Waals surface area contributed by atoms with E-state index >= 15 is 0 Å². The van der Waals surface area contributed by atoms with Crippen molar-refractivity contribution < 1.29 is 18.6 Å². The summed E-state index contributed by atoms with van der Waals surface area (Å²) in [4.78, 5) is 2.60. The third-order valence-corrected chi connectivity index (χ3v) is 3.61. The normalized spacial score (nSPS) is 14.0. The highest BCUT2D eigenvalue weighted by molar-refractivity contribution is 7.58. The molecule has 0 aromatic carbocycles. The van der Waals surface area contributed by atoms with Crippen LogP contribution in [-0.4, -0.2) is 52.4 Å². The van der Waals surface area contributed by atoms with Crippen molar-refractivity contribution >= 4 is 7.37 Å². The summed E-state index contributed by atoms with van der Waals surface area (Å²) < 4.78 is 27.1. The van der Waals surface area contributed by atoms with Crippen molar-refractivity contribution in [3.05, 3.63) is 10.4 Å². The molecule has 0 fully saturated rings. The molecule has 8 heteroatoms. The minimum Gasteiger partial charge on any atom is -0.379 e. The Morgan fingerprint density at radius 3 is 2.47 bits per heavy atom. The Kier molecular flexibility index (Phi) is 10.2. The highest BCUT2D eigenvalue weighted by Crippen LogP contribution is 2.41. The maximum absolute atomic E-state index is 11.6. The number of azide groups is 1. The zero-order valence-corrected chi connectivity index (χ0v) is 11.3. The van der Waals surface area contributed by atoms with E-state index in [0.29, 0.717) is 45.7 Å². The van der Waals surface area contributed by atoms with Crippen LogP contribution >= 0.6 is 7.37 Å². The van der Waals surface area contributed by atoms with E-state index in [2.05, 4.69) is 10.0 Å². The van der Waals surface area contributed by atoms with Gasteiger partial charge < -0.3 is 14.0 Å². The van der Waals surface area contributed by atoms with E-state index in [1.54, 1.807) is 6.66 Å². The summed E-state index contributed by atoms with van der Waals surface area (Å²) in [6, 6.07) is 0. The molecule has 0 spiro atoms. The first-order chi connectivity index (χ1) is 8.12. The minimum atomic E-state index is -2.48. The molecule has 0 heterocycles. The number of ether oxygens (including phenoxy) is 2. The lowest BCUT2D eigenvalue weighted by Gasteiger charge is -2.12. The van der Waals surface area contributed by atoms with Crippen LogP contribution in [0, 0.1) is 0 Å². The quantitative estimate of drug-likeness (QED) is 0.188. The molecule has 0 saturated carbocycles. The highest BCUT2D eigenvalue weighted by atomic mass is 31.2. The van der Waals surface area contributed by atoms with Gasteiger partial charge >= 0.3 is 0 Å². The van der Waals surface area contributed by atoms with E-state index in [1.165, 1.54) is 0 Å². The monoisotopic (exact) mass is 265 g/mol. The van der Waals surface area contributed by atoms with Gasteiger partial charge in [-0.05, 0) is 12.5 Å². The van der Waals surface area contributed by atoms with E-state index in [9.17, 15) is 4.57 Å². The Hall–Kier alpha value is -0.580. The van der Waals surface area contributed by atoms with Crippen molar-refractivity contribution in [1.82, 2.24) is 0 Å². The molecule has 0 N–H and O–H groups in total. The fraction of sp³-hybridized carbons (Fsp3) is 1.00. The molecule has 0 rings (SSSR count). The molecule has 0 amide bonds. The average Bonchev–Trinajstić information content (AvgIpc) is 2.27. The van der Waals surface area contributed by atoms with Gasteiger partial charge in [0.25, 0.3) is 0 Å². The first-order valence-electron chi connectivity index (χ1n) is 5.50. The van der Waals surface area contributed by atoms with Gasteiger partial charge in [0.2, 0.25) is 7.37 Å². The number of rotatable bonds is 11. The first kappa shape index (κ1) is 16.4. The molecule has 0 aliphatic rings. The van der Waals surface area contributed by atoms with Crippen LogP contribution in [-0.2, 0) is 18.6 Å². The van der Waals surface area contributed by atoms with Crippen LogP contribution < -0.4 is 0 Å². The third-order valence-electron chi connectivity index (χ3n) is 1.81. The van der Waals surface area contributed by atoms with E-state index in [-0.39, 0.29) is 0 Å². The van der Waals surface area contributed by atoms with Crippen molar-refractivity contribution in [2.45, 2.75) is 6.92 Å². The largest absolute Gasteiger partial charge is 0.379 e. The SMILES string of the molecule is CCOP(C)(=O)CCOCCOCCN=[N+]=[N-]. The summed E-state index contributed by atoms with van der Waals surface area (Å²) >= 11 is 0. The molecular formula is C9H20N3O4P. The molecule has 7 nitrogen and oxygen atoms in total. The van der Waals surface area contributed by atoms with Gasteiger partial charge in [0.05, 0.1) is 33.0 Å². The lowest BCUT2D eigenvalue weighted by molar-refractivity contribution is 0.0561. The maximum atomic E-state index is 11.6. The Morgan fingerprint density at radius 1 is 1.24 bits per heavy atom. The van der Waals surface area contributed by atoms with Crippen molar-refractivity contribution in [3.8, 4) is 0 Å². The summed E-state index contributed by atoms with van der Waals surface area (Å²) in [7, 11) is -2.48. The standard InChI is InChI=1S/C9H20N3O4P/c1-3-16-17(2,13)9-8-15-7-6-14-5-4-11-12-10/h3-9H2,1-2H3. The Morgan fingerprint density at radius 2 is 1.88 bits per heavy atom. The summed E-state index contributed by atoms with van der Waals surface area (Å²) in [6.45, 7) is 5.85. The molecule has 0 aromatic heterocycles. The van der Waals surface area contributed by atoms with Gasteiger partial charge in [-0.2, -0.15) is 0 Å². The zero-order chi connectivity index (χ0) is 13.0. The Bertz CT molecular complexity index is 281. The maximum Gasteiger partial charge on any atom is 0.202 e. The van der Waals surface area contributed by atoms with Gasteiger partial charge in [0.15, 0.2) is 0 Å². The second-order valence-electron chi connectivity index (χ2n) is 3.33. The molecule has 0 aliphatic carbocycles. The number of hydrogen-bond donors (Lipinski definition) is 0. The summed E-state index contributed by atoms with van der Waals surface area (Å²) in [6.07, 6.45) is 0.416. The Labute approximate surface area is 102 Å². The highest BCUT2D eigenvalue weighted by Gasteiger charge is 2.13. The first-order valence-corrected chi connectivity index (χ1v) is 7.75. The van der Waals surface area contributed by atoms with Crippen LogP contribution in [0.25, 0.3) is 10.4 Å². The van der Waals surface area contributed by atoms with Crippen molar-refractivity contribution in [3.63, 3.8) is 0 Å². The Balaban J connectivity index is 3.29. The van der Waals surface area contributed by atoms with E-state index in [0.717, 1.165) is 0 Å². The molecule has 17 heavy (non-hydrogen) atoms. The van der Waals surface area contributed by atoms with Crippen LogP contribution in [0.4, 0.5) is 0 Å².